The van der Waals surface area contributed by atoms with Crippen LogP contribution in [-0.4, -0.2) is 20.7 Å². The van der Waals surface area contributed by atoms with Gasteiger partial charge in [-0.05, 0) is 12.8 Å². The molecule has 0 bridgehead atoms. The summed E-state index contributed by atoms with van der Waals surface area (Å²) in [6, 6.07) is 1.72. The van der Waals surface area contributed by atoms with Crippen molar-refractivity contribution in [2.75, 3.05) is 0 Å². The molecule has 0 saturated heterocycles. The fourth-order valence-electron chi connectivity index (χ4n) is 2.97. The molecular weight excluding hydrogens is 292 g/mol. The summed E-state index contributed by atoms with van der Waals surface area (Å²) in [4.78, 5) is 15.7. The quantitative estimate of drug-likeness (QED) is 0.944. The fourth-order valence-corrected chi connectivity index (χ4v) is 3.11. The monoisotopic (exact) mass is 308 g/mol. The molecule has 2 aromatic heterocycles. The summed E-state index contributed by atoms with van der Waals surface area (Å²) in [5.41, 5.74) is 6.53. The average Bonchev–Trinajstić information content (AvgIpc) is 2.88. The molecule has 0 spiro atoms. The van der Waals surface area contributed by atoms with E-state index in [4.69, 9.17) is 22.1 Å². The predicted molar refractivity (Wildman–Crippen MR) is 78.0 cm³/mol. The zero-order valence-electron chi connectivity index (χ0n) is 11.5. The number of fused-ring (bicyclic) bond motifs is 1. The molecule has 3 rings (SSSR count). The summed E-state index contributed by atoms with van der Waals surface area (Å²) in [7, 11) is 0. The first kappa shape index (κ1) is 14.1. The fraction of sp³-hybridized carbons (Fsp3) is 0.500. The molecule has 0 radical (unpaired) electrons. The van der Waals surface area contributed by atoms with Crippen LogP contribution in [0, 0.1) is 5.92 Å². The molecule has 2 aromatic rings. The van der Waals surface area contributed by atoms with E-state index in [1.807, 2.05) is 0 Å². The Morgan fingerprint density at radius 3 is 2.90 bits per heavy atom. The number of primary amides is 1. The summed E-state index contributed by atoms with van der Waals surface area (Å²) in [6.45, 7) is 0. The average molecular weight is 309 g/mol. The van der Waals surface area contributed by atoms with Gasteiger partial charge in [0.15, 0.2) is 5.65 Å². The van der Waals surface area contributed by atoms with Gasteiger partial charge in [-0.15, -0.1) is 0 Å². The highest BCUT2D eigenvalue weighted by Gasteiger charge is 2.30. The Labute approximate surface area is 127 Å². The molecule has 1 aliphatic carbocycles. The van der Waals surface area contributed by atoms with Crippen molar-refractivity contribution >= 4 is 23.3 Å². The number of nitrogens with zero attached hydrogens (tertiary/aromatic N) is 3. The smallest absolute Gasteiger partial charge is 0.405 e. The second-order valence-electron chi connectivity index (χ2n) is 5.40. The van der Waals surface area contributed by atoms with Gasteiger partial charge in [0.1, 0.15) is 11.8 Å². The maximum absolute atomic E-state index is 11.2. The van der Waals surface area contributed by atoms with Crippen LogP contribution in [0.15, 0.2) is 18.5 Å². The van der Waals surface area contributed by atoms with Crippen LogP contribution in [0.4, 0.5) is 4.79 Å². The number of nitrogens with two attached hydrogens (primary N) is 1. The normalized spacial score (nSPS) is 17.8. The number of halogens is 1. The van der Waals surface area contributed by atoms with Gasteiger partial charge in [0, 0.05) is 12.0 Å². The van der Waals surface area contributed by atoms with Crippen LogP contribution in [0.5, 0.6) is 0 Å². The van der Waals surface area contributed by atoms with E-state index in [-0.39, 0.29) is 5.92 Å². The summed E-state index contributed by atoms with van der Waals surface area (Å²) < 4.78 is 6.96. The largest absolute Gasteiger partial charge is 0.440 e. The number of ether oxygens (including phenoxy) is 1. The Kier molecular flexibility index (Phi) is 3.96. The molecular formula is C14H17ClN4O2. The van der Waals surface area contributed by atoms with Crippen molar-refractivity contribution < 1.29 is 9.53 Å². The van der Waals surface area contributed by atoms with Crippen LogP contribution in [0.3, 0.4) is 0 Å². The highest BCUT2D eigenvalue weighted by Crippen LogP contribution is 2.36. The first-order valence-electron chi connectivity index (χ1n) is 7.10. The predicted octanol–water partition coefficient (Wildman–Crippen LogP) is 3.10. The van der Waals surface area contributed by atoms with Crippen molar-refractivity contribution in [3.8, 4) is 0 Å². The van der Waals surface area contributed by atoms with Gasteiger partial charge in [0.05, 0.1) is 17.4 Å². The van der Waals surface area contributed by atoms with Crippen molar-refractivity contribution in [2.24, 2.45) is 11.7 Å². The summed E-state index contributed by atoms with van der Waals surface area (Å²) >= 11 is 5.92. The highest BCUT2D eigenvalue weighted by molar-refractivity contribution is 6.30. The van der Waals surface area contributed by atoms with E-state index < -0.39 is 12.2 Å². The van der Waals surface area contributed by atoms with Crippen LogP contribution in [0.1, 0.15) is 43.9 Å². The lowest BCUT2D eigenvalue weighted by Crippen LogP contribution is -2.25. The van der Waals surface area contributed by atoms with Gasteiger partial charge >= 0.3 is 6.09 Å². The summed E-state index contributed by atoms with van der Waals surface area (Å²) in [5.74, 6) is 0.256. The lowest BCUT2D eigenvalue weighted by atomic mass is 9.84. The standard InChI is InChI=1S/C14H17ClN4O2/c15-10-6-12-18-11(8-19(12)17-7-10)13(21-14(16)20)9-4-2-1-3-5-9/h6-9,13H,1-5H2,(H2,16,20)/t13-/m0/s1. The van der Waals surface area contributed by atoms with Gasteiger partial charge in [0.2, 0.25) is 0 Å². The first-order valence-corrected chi connectivity index (χ1v) is 7.48. The molecule has 7 heteroatoms. The maximum atomic E-state index is 11.2. The topological polar surface area (TPSA) is 82.5 Å². The third kappa shape index (κ3) is 3.10. The Morgan fingerprint density at radius 1 is 1.43 bits per heavy atom. The second-order valence-corrected chi connectivity index (χ2v) is 5.83. The van der Waals surface area contributed by atoms with Gasteiger partial charge in [-0.1, -0.05) is 30.9 Å². The Balaban J connectivity index is 1.94. The van der Waals surface area contributed by atoms with Crippen LogP contribution in [0.2, 0.25) is 5.02 Å². The van der Waals surface area contributed by atoms with E-state index >= 15 is 0 Å². The lowest BCUT2D eigenvalue weighted by molar-refractivity contribution is 0.0510. The van der Waals surface area contributed by atoms with Crippen molar-refractivity contribution in [1.29, 1.82) is 0 Å². The molecule has 112 valence electrons. The number of rotatable bonds is 3. The SMILES string of the molecule is NC(=O)O[C@H](c1cn2ncc(Cl)cc2n1)C1CCCCC1. The maximum Gasteiger partial charge on any atom is 0.405 e. The third-order valence-electron chi connectivity index (χ3n) is 3.92. The van der Waals surface area contributed by atoms with Crippen molar-refractivity contribution in [2.45, 2.75) is 38.2 Å². The molecule has 2 heterocycles. The minimum Gasteiger partial charge on any atom is -0.440 e. The van der Waals surface area contributed by atoms with Gasteiger partial charge in [-0.3, -0.25) is 0 Å². The summed E-state index contributed by atoms with van der Waals surface area (Å²) in [5, 5.41) is 4.68. The van der Waals surface area contributed by atoms with E-state index in [1.165, 1.54) is 6.42 Å². The lowest BCUT2D eigenvalue weighted by Gasteiger charge is -2.28. The number of carbonyl (C=O) groups is 1. The zero-order chi connectivity index (χ0) is 14.8. The summed E-state index contributed by atoms with van der Waals surface area (Å²) in [6.07, 6.45) is 7.67. The van der Waals surface area contributed by atoms with Crippen LogP contribution in [-0.2, 0) is 4.74 Å². The molecule has 1 saturated carbocycles. The number of carbonyl (C=O) groups excluding carboxylic acids is 1. The van der Waals surface area contributed by atoms with Gasteiger partial charge in [0.25, 0.3) is 0 Å². The molecule has 1 atom stereocenters. The molecule has 6 nitrogen and oxygen atoms in total. The molecule has 21 heavy (non-hydrogen) atoms. The molecule has 0 aromatic carbocycles. The minimum absolute atomic E-state index is 0.256. The van der Waals surface area contributed by atoms with E-state index in [0.717, 1.165) is 25.7 Å². The number of aromatic nitrogens is 3. The number of hydrogen-bond acceptors (Lipinski definition) is 4. The number of hydrogen-bond donors (Lipinski definition) is 1. The van der Waals surface area contributed by atoms with Crippen molar-refractivity contribution in [3.05, 3.63) is 29.2 Å². The Bertz CT molecular complexity index is 651. The van der Waals surface area contributed by atoms with E-state index in [2.05, 4.69) is 10.1 Å². The minimum atomic E-state index is -0.770. The molecule has 1 fully saturated rings. The highest BCUT2D eigenvalue weighted by atomic mass is 35.5. The van der Waals surface area contributed by atoms with Gasteiger partial charge in [-0.2, -0.15) is 5.10 Å². The van der Waals surface area contributed by atoms with Crippen LogP contribution >= 0.6 is 11.6 Å². The first-order chi connectivity index (χ1) is 10.1. The number of amides is 1. The Morgan fingerprint density at radius 2 is 2.19 bits per heavy atom. The van der Waals surface area contributed by atoms with Gasteiger partial charge < -0.3 is 10.5 Å². The zero-order valence-corrected chi connectivity index (χ0v) is 12.3. The van der Waals surface area contributed by atoms with E-state index in [9.17, 15) is 4.79 Å². The second kappa shape index (κ2) is 5.89. The number of imidazole rings is 1. The third-order valence-corrected chi connectivity index (χ3v) is 4.12. The Hall–Kier alpha value is -1.82. The molecule has 0 unspecified atom stereocenters. The molecule has 2 N–H and O–H groups in total. The molecule has 1 aliphatic rings. The van der Waals surface area contributed by atoms with E-state index in [0.29, 0.717) is 16.4 Å². The van der Waals surface area contributed by atoms with E-state index in [1.54, 1.807) is 23.0 Å². The van der Waals surface area contributed by atoms with Gasteiger partial charge in [-0.25, -0.2) is 14.3 Å². The van der Waals surface area contributed by atoms with Crippen molar-refractivity contribution in [1.82, 2.24) is 14.6 Å². The molecule has 1 amide bonds. The molecule has 0 aliphatic heterocycles. The van der Waals surface area contributed by atoms with Crippen molar-refractivity contribution in [3.63, 3.8) is 0 Å². The van der Waals surface area contributed by atoms with Crippen LogP contribution < -0.4 is 5.73 Å². The van der Waals surface area contributed by atoms with Crippen LogP contribution in [0.25, 0.3) is 5.65 Å².